The van der Waals surface area contributed by atoms with E-state index in [0.717, 1.165) is 23.8 Å². The van der Waals surface area contributed by atoms with Gasteiger partial charge in [0.15, 0.2) is 0 Å². The number of hydrogen-bond acceptors (Lipinski definition) is 4. The molecule has 0 aliphatic carbocycles. The molecule has 3 amide bonds. The van der Waals surface area contributed by atoms with Crippen LogP contribution in [-0.4, -0.2) is 57.7 Å². The lowest BCUT2D eigenvalue weighted by molar-refractivity contribution is -0.138. The van der Waals surface area contributed by atoms with Gasteiger partial charge in [0, 0.05) is 44.5 Å². The van der Waals surface area contributed by atoms with E-state index in [-0.39, 0.29) is 23.4 Å². The van der Waals surface area contributed by atoms with Gasteiger partial charge in [0.1, 0.15) is 17.7 Å². The molecule has 2 saturated heterocycles. The standard InChI is InChI=1S/C23H24F2N4O3/c24-16-3-4-19(25)18(12-16)23(32)28-10-7-17(8-11-28)29-20(5-6-21(29)30)22(31)27-14-15-2-1-9-26-13-15/h1-4,9,12-13,17,20H,5-8,10-11,14H2,(H,27,31). The van der Waals surface area contributed by atoms with Crippen LogP contribution in [0.1, 0.15) is 41.6 Å². The van der Waals surface area contributed by atoms with E-state index in [4.69, 9.17) is 0 Å². The van der Waals surface area contributed by atoms with Crippen molar-refractivity contribution in [3.05, 3.63) is 65.5 Å². The molecule has 0 spiro atoms. The number of nitrogens with zero attached hydrogens (tertiary/aromatic N) is 3. The zero-order valence-electron chi connectivity index (χ0n) is 17.5. The third kappa shape index (κ3) is 4.61. The van der Waals surface area contributed by atoms with E-state index < -0.39 is 23.6 Å². The molecular formula is C23H24F2N4O3. The van der Waals surface area contributed by atoms with Gasteiger partial charge in [-0.05, 0) is 49.1 Å². The van der Waals surface area contributed by atoms with Gasteiger partial charge in [0.2, 0.25) is 11.8 Å². The molecule has 2 aliphatic rings. The summed E-state index contributed by atoms with van der Waals surface area (Å²) in [4.78, 5) is 45.1. The highest BCUT2D eigenvalue weighted by Crippen LogP contribution is 2.28. The van der Waals surface area contributed by atoms with E-state index in [1.165, 1.54) is 4.90 Å². The third-order valence-corrected chi connectivity index (χ3v) is 6.05. The number of amides is 3. The van der Waals surface area contributed by atoms with Crippen molar-refractivity contribution < 1.29 is 23.2 Å². The van der Waals surface area contributed by atoms with Crippen molar-refractivity contribution in [1.82, 2.24) is 20.1 Å². The minimum atomic E-state index is -0.765. The number of pyridine rings is 1. The zero-order valence-corrected chi connectivity index (χ0v) is 17.5. The monoisotopic (exact) mass is 442 g/mol. The topological polar surface area (TPSA) is 82.6 Å². The van der Waals surface area contributed by atoms with Gasteiger partial charge in [-0.25, -0.2) is 8.78 Å². The van der Waals surface area contributed by atoms with E-state index in [0.29, 0.717) is 45.3 Å². The van der Waals surface area contributed by atoms with Crippen LogP contribution in [0.25, 0.3) is 0 Å². The molecule has 4 rings (SSSR count). The summed E-state index contributed by atoms with van der Waals surface area (Å²) in [6, 6.07) is 5.73. The Labute approximate surface area is 184 Å². The predicted octanol–water partition coefficient (Wildman–Crippen LogP) is 2.27. The first-order chi connectivity index (χ1) is 15.4. The lowest BCUT2D eigenvalue weighted by Crippen LogP contribution is -2.53. The van der Waals surface area contributed by atoms with Crippen molar-refractivity contribution in [3.8, 4) is 0 Å². The van der Waals surface area contributed by atoms with Gasteiger partial charge in [-0.3, -0.25) is 19.4 Å². The summed E-state index contributed by atoms with van der Waals surface area (Å²) in [6.07, 6.45) is 5.03. The molecule has 1 atom stereocenters. The van der Waals surface area contributed by atoms with Crippen LogP contribution in [-0.2, 0) is 16.1 Å². The highest BCUT2D eigenvalue weighted by atomic mass is 19.1. The molecule has 0 radical (unpaired) electrons. The molecule has 2 fully saturated rings. The molecule has 0 saturated carbocycles. The normalized spacial score (nSPS) is 19.3. The van der Waals surface area contributed by atoms with Gasteiger partial charge in [-0.15, -0.1) is 0 Å². The summed E-state index contributed by atoms with van der Waals surface area (Å²) in [6.45, 7) is 0.928. The van der Waals surface area contributed by atoms with Crippen molar-refractivity contribution in [1.29, 1.82) is 0 Å². The lowest BCUT2D eigenvalue weighted by atomic mass is 10.0. The number of carbonyl (C=O) groups excluding carboxylic acids is 3. The fourth-order valence-corrected chi connectivity index (χ4v) is 4.41. The van der Waals surface area contributed by atoms with Crippen molar-refractivity contribution in [2.45, 2.75) is 44.3 Å². The summed E-state index contributed by atoms with van der Waals surface area (Å²) >= 11 is 0. The minimum absolute atomic E-state index is 0.0764. The van der Waals surface area contributed by atoms with Crippen LogP contribution in [0.5, 0.6) is 0 Å². The molecule has 1 aromatic heterocycles. The molecule has 2 aromatic rings. The number of halogens is 2. The van der Waals surface area contributed by atoms with Crippen molar-refractivity contribution in [2.24, 2.45) is 0 Å². The van der Waals surface area contributed by atoms with E-state index in [1.54, 1.807) is 23.4 Å². The second-order valence-electron chi connectivity index (χ2n) is 8.08. The molecule has 7 nitrogen and oxygen atoms in total. The van der Waals surface area contributed by atoms with Gasteiger partial charge in [0.25, 0.3) is 5.91 Å². The largest absolute Gasteiger partial charge is 0.350 e. The first kappa shape index (κ1) is 21.9. The van der Waals surface area contributed by atoms with Crippen molar-refractivity contribution >= 4 is 17.7 Å². The molecule has 32 heavy (non-hydrogen) atoms. The van der Waals surface area contributed by atoms with Crippen LogP contribution in [0.4, 0.5) is 8.78 Å². The number of carbonyl (C=O) groups is 3. The van der Waals surface area contributed by atoms with Crippen molar-refractivity contribution in [3.63, 3.8) is 0 Å². The Morgan fingerprint density at radius 3 is 2.62 bits per heavy atom. The fourth-order valence-electron chi connectivity index (χ4n) is 4.41. The SMILES string of the molecule is O=C(NCc1cccnc1)C1CCC(=O)N1C1CCN(C(=O)c2cc(F)ccc2F)CC1. The predicted molar refractivity (Wildman–Crippen MR) is 111 cm³/mol. The molecular weight excluding hydrogens is 418 g/mol. The second kappa shape index (κ2) is 9.42. The smallest absolute Gasteiger partial charge is 0.256 e. The maximum atomic E-state index is 14.0. The highest BCUT2D eigenvalue weighted by molar-refractivity contribution is 5.94. The number of benzene rings is 1. The Morgan fingerprint density at radius 2 is 1.91 bits per heavy atom. The summed E-state index contributed by atoms with van der Waals surface area (Å²) in [7, 11) is 0. The average molecular weight is 442 g/mol. The quantitative estimate of drug-likeness (QED) is 0.770. The Hall–Kier alpha value is -3.36. The highest BCUT2D eigenvalue weighted by Gasteiger charge is 2.41. The van der Waals surface area contributed by atoms with Crippen LogP contribution in [0.2, 0.25) is 0 Å². The first-order valence-electron chi connectivity index (χ1n) is 10.7. The molecule has 1 N–H and O–H groups in total. The first-order valence-corrected chi connectivity index (χ1v) is 10.7. The van der Waals surface area contributed by atoms with Crippen LogP contribution in [0, 0.1) is 11.6 Å². The van der Waals surface area contributed by atoms with Gasteiger partial charge in [0.05, 0.1) is 5.56 Å². The molecule has 0 bridgehead atoms. The Bertz CT molecular complexity index is 1010. The number of rotatable bonds is 5. The fraction of sp³-hybridized carbons (Fsp3) is 0.391. The van der Waals surface area contributed by atoms with Crippen LogP contribution < -0.4 is 5.32 Å². The summed E-state index contributed by atoms with van der Waals surface area (Å²) in [5.74, 6) is -2.29. The second-order valence-corrected chi connectivity index (χ2v) is 8.08. The Morgan fingerprint density at radius 1 is 1.12 bits per heavy atom. The number of likely N-dealkylation sites (tertiary alicyclic amines) is 2. The van der Waals surface area contributed by atoms with E-state index >= 15 is 0 Å². The lowest BCUT2D eigenvalue weighted by Gasteiger charge is -2.39. The maximum Gasteiger partial charge on any atom is 0.256 e. The van der Waals surface area contributed by atoms with E-state index in [1.807, 2.05) is 6.07 Å². The summed E-state index contributed by atoms with van der Waals surface area (Å²) < 4.78 is 27.4. The number of hydrogen-bond donors (Lipinski definition) is 1. The minimum Gasteiger partial charge on any atom is -0.350 e. The van der Waals surface area contributed by atoms with Crippen LogP contribution in [0.3, 0.4) is 0 Å². The summed E-state index contributed by atoms with van der Waals surface area (Å²) in [5.41, 5.74) is 0.571. The van der Waals surface area contributed by atoms with E-state index in [2.05, 4.69) is 10.3 Å². The van der Waals surface area contributed by atoms with Crippen molar-refractivity contribution in [2.75, 3.05) is 13.1 Å². The zero-order chi connectivity index (χ0) is 22.7. The Balaban J connectivity index is 1.37. The molecule has 2 aliphatic heterocycles. The van der Waals surface area contributed by atoms with Gasteiger partial charge < -0.3 is 15.1 Å². The molecule has 1 unspecified atom stereocenters. The number of aromatic nitrogens is 1. The Kier molecular flexibility index (Phi) is 6.43. The van der Waals surface area contributed by atoms with E-state index in [9.17, 15) is 23.2 Å². The molecule has 3 heterocycles. The average Bonchev–Trinajstić information content (AvgIpc) is 3.21. The molecule has 1 aromatic carbocycles. The summed E-state index contributed by atoms with van der Waals surface area (Å²) in [5, 5.41) is 2.88. The van der Waals surface area contributed by atoms with Crippen LogP contribution in [0.15, 0.2) is 42.7 Å². The molecule has 9 heteroatoms. The maximum absolute atomic E-state index is 14.0. The number of nitrogens with one attached hydrogen (secondary N) is 1. The van der Waals surface area contributed by atoms with Gasteiger partial charge >= 0.3 is 0 Å². The molecule has 168 valence electrons. The van der Waals surface area contributed by atoms with Gasteiger partial charge in [-0.2, -0.15) is 0 Å². The number of piperidine rings is 1. The van der Waals surface area contributed by atoms with Gasteiger partial charge in [-0.1, -0.05) is 6.07 Å². The van der Waals surface area contributed by atoms with Crippen LogP contribution >= 0.6 is 0 Å². The third-order valence-electron chi connectivity index (χ3n) is 6.05.